The van der Waals surface area contributed by atoms with Crippen LogP contribution >= 0.6 is 0 Å². The molecule has 0 bridgehead atoms. The molecule has 122 valence electrons. The van der Waals surface area contributed by atoms with Crippen molar-refractivity contribution in [3.63, 3.8) is 0 Å². The van der Waals surface area contributed by atoms with Crippen LogP contribution in [-0.4, -0.2) is 23.9 Å². The number of hydrogen-bond acceptors (Lipinski definition) is 2. The fourth-order valence-electron chi connectivity index (χ4n) is 2.58. The van der Waals surface area contributed by atoms with E-state index in [-0.39, 0.29) is 5.91 Å². The number of amides is 1. The summed E-state index contributed by atoms with van der Waals surface area (Å²) < 4.78 is 0. The van der Waals surface area contributed by atoms with Crippen molar-refractivity contribution in [3.05, 3.63) is 65.2 Å². The third-order valence-corrected chi connectivity index (χ3v) is 4.21. The molecule has 0 atom stereocenters. The monoisotopic (exact) mass is 310 g/mol. The molecule has 2 aromatic rings. The second-order valence-electron chi connectivity index (χ2n) is 5.82. The van der Waals surface area contributed by atoms with Gasteiger partial charge in [0, 0.05) is 31.7 Å². The Labute approximate surface area is 139 Å². The van der Waals surface area contributed by atoms with E-state index in [1.54, 1.807) is 0 Å². The number of carbonyl (C=O) groups excluding carboxylic acids is 1. The molecule has 0 heterocycles. The third kappa shape index (κ3) is 4.85. The van der Waals surface area contributed by atoms with Gasteiger partial charge in [-0.1, -0.05) is 42.5 Å². The highest BCUT2D eigenvalue weighted by molar-refractivity contribution is 5.76. The number of rotatable bonds is 7. The van der Waals surface area contributed by atoms with Gasteiger partial charge >= 0.3 is 0 Å². The molecular formula is C20H26N2O. The highest BCUT2D eigenvalue weighted by Gasteiger charge is 2.12. The van der Waals surface area contributed by atoms with Crippen LogP contribution in [0.1, 0.15) is 30.0 Å². The van der Waals surface area contributed by atoms with Gasteiger partial charge < -0.3 is 10.2 Å². The zero-order valence-electron chi connectivity index (χ0n) is 14.3. The minimum absolute atomic E-state index is 0.189. The Balaban J connectivity index is 1.86. The molecule has 1 N–H and O–H groups in total. The summed E-state index contributed by atoms with van der Waals surface area (Å²) in [5.74, 6) is 0.189. The van der Waals surface area contributed by atoms with Gasteiger partial charge in [0.15, 0.2) is 0 Å². The van der Waals surface area contributed by atoms with Gasteiger partial charge in [-0.05, 0) is 43.5 Å². The molecule has 1 amide bonds. The highest BCUT2D eigenvalue weighted by atomic mass is 16.2. The minimum atomic E-state index is 0.189. The summed E-state index contributed by atoms with van der Waals surface area (Å²) in [5, 5.41) is 3.38. The van der Waals surface area contributed by atoms with E-state index in [2.05, 4.69) is 43.4 Å². The summed E-state index contributed by atoms with van der Waals surface area (Å²) in [6, 6.07) is 16.3. The molecule has 2 rings (SSSR count). The second-order valence-corrected chi connectivity index (χ2v) is 5.82. The lowest BCUT2D eigenvalue weighted by atomic mass is 10.1. The van der Waals surface area contributed by atoms with Crippen LogP contribution in [0.4, 0.5) is 5.69 Å². The predicted molar refractivity (Wildman–Crippen MR) is 96.6 cm³/mol. The number of aryl methyl sites for hydroxylation is 1. The Kier molecular flexibility index (Phi) is 6.21. The molecule has 0 aliphatic rings. The fourth-order valence-corrected chi connectivity index (χ4v) is 2.58. The molecule has 0 saturated heterocycles. The highest BCUT2D eigenvalue weighted by Crippen LogP contribution is 2.17. The molecule has 2 aromatic carbocycles. The molecular weight excluding hydrogens is 284 g/mol. The first kappa shape index (κ1) is 17.1. The Morgan fingerprint density at radius 2 is 1.78 bits per heavy atom. The molecule has 0 unspecified atom stereocenters. The van der Waals surface area contributed by atoms with Crippen molar-refractivity contribution in [2.24, 2.45) is 0 Å². The topological polar surface area (TPSA) is 32.3 Å². The normalized spacial score (nSPS) is 10.4. The Morgan fingerprint density at radius 3 is 2.48 bits per heavy atom. The van der Waals surface area contributed by atoms with Crippen molar-refractivity contribution < 1.29 is 4.79 Å². The zero-order valence-corrected chi connectivity index (χ0v) is 14.3. The number of nitrogens with one attached hydrogen (secondary N) is 1. The van der Waals surface area contributed by atoms with E-state index in [4.69, 9.17) is 0 Å². The first-order valence-electron chi connectivity index (χ1n) is 8.23. The maximum Gasteiger partial charge on any atom is 0.224 e. The summed E-state index contributed by atoms with van der Waals surface area (Å²) >= 11 is 0. The Bertz CT molecular complexity index is 637. The molecule has 0 aromatic heterocycles. The molecule has 0 aliphatic carbocycles. The van der Waals surface area contributed by atoms with Gasteiger partial charge in [0.25, 0.3) is 0 Å². The summed E-state index contributed by atoms with van der Waals surface area (Å²) in [5.41, 5.74) is 4.80. The smallest absolute Gasteiger partial charge is 0.224 e. The van der Waals surface area contributed by atoms with Crippen molar-refractivity contribution in [2.45, 2.75) is 33.7 Å². The SMILES string of the molecule is CCN(Cc1ccccc1)C(=O)CCNc1cccc(C)c1C. The van der Waals surface area contributed by atoms with Crippen LogP contribution in [0.2, 0.25) is 0 Å². The number of benzene rings is 2. The molecule has 0 saturated carbocycles. The van der Waals surface area contributed by atoms with Gasteiger partial charge in [0.05, 0.1) is 0 Å². The summed E-state index contributed by atoms with van der Waals surface area (Å²) in [4.78, 5) is 14.3. The zero-order chi connectivity index (χ0) is 16.7. The first-order chi connectivity index (χ1) is 11.1. The van der Waals surface area contributed by atoms with E-state index >= 15 is 0 Å². The molecule has 0 fully saturated rings. The molecule has 0 radical (unpaired) electrons. The predicted octanol–water partition coefficient (Wildman–Crippen LogP) is 4.15. The van der Waals surface area contributed by atoms with Gasteiger partial charge in [-0.3, -0.25) is 4.79 Å². The van der Waals surface area contributed by atoms with E-state index in [1.165, 1.54) is 16.7 Å². The average molecular weight is 310 g/mol. The number of hydrogen-bond donors (Lipinski definition) is 1. The van der Waals surface area contributed by atoms with Crippen LogP contribution in [0.15, 0.2) is 48.5 Å². The van der Waals surface area contributed by atoms with Gasteiger partial charge in [-0.2, -0.15) is 0 Å². The minimum Gasteiger partial charge on any atom is -0.384 e. The lowest BCUT2D eigenvalue weighted by Crippen LogP contribution is -2.31. The largest absolute Gasteiger partial charge is 0.384 e. The van der Waals surface area contributed by atoms with Gasteiger partial charge in [0.2, 0.25) is 5.91 Å². The quantitative estimate of drug-likeness (QED) is 0.833. The maximum atomic E-state index is 12.4. The van der Waals surface area contributed by atoms with E-state index < -0.39 is 0 Å². The molecule has 3 nitrogen and oxygen atoms in total. The van der Waals surface area contributed by atoms with E-state index in [9.17, 15) is 4.79 Å². The van der Waals surface area contributed by atoms with E-state index in [1.807, 2.05) is 36.1 Å². The van der Waals surface area contributed by atoms with E-state index in [0.29, 0.717) is 19.5 Å². The maximum absolute atomic E-state index is 12.4. The summed E-state index contributed by atoms with van der Waals surface area (Å²) in [7, 11) is 0. The second kappa shape index (κ2) is 8.37. The molecule has 0 aliphatic heterocycles. The van der Waals surface area contributed by atoms with Gasteiger partial charge in [-0.25, -0.2) is 0 Å². The van der Waals surface area contributed by atoms with Crippen LogP contribution < -0.4 is 5.32 Å². The van der Waals surface area contributed by atoms with Crippen molar-refractivity contribution in [1.29, 1.82) is 0 Å². The molecule has 23 heavy (non-hydrogen) atoms. The Hall–Kier alpha value is -2.29. The van der Waals surface area contributed by atoms with Gasteiger partial charge in [0.1, 0.15) is 0 Å². The van der Waals surface area contributed by atoms with E-state index in [0.717, 1.165) is 12.2 Å². The van der Waals surface area contributed by atoms with Crippen LogP contribution in [0.5, 0.6) is 0 Å². The molecule has 0 spiro atoms. The summed E-state index contributed by atoms with van der Waals surface area (Å²) in [6.07, 6.45) is 0.508. The van der Waals surface area contributed by atoms with Crippen molar-refractivity contribution in [3.8, 4) is 0 Å². The standard InChI is InChI=1S/C20H26N2O/c1-4-22(15-18-10-6-5-7-11-18)20(23)13-14-21-19-12-8-9-16(2)17(19)3/h5-12,21H,4,13-15H2,1-3H3. The number of anilines is 1. The van der Waals surface area contributed by atoms with Crippen molar-refractivity contribution in [1.82, 2.24) is 4.90 Å². The summed E-state index contributed by atoms with van der Waals surface area (Å²) in [6.45, 7) is 8.31. The average Bonchev–Trinajstić information content (AvgIpc) is 2.57. The lowest BCUT2D eigenvalue weighted by Gasteiger charge is -2.21. The number of carbonyl (C=O) groups is 1. The van der Waals surface area contributed by atoms with Crippen molar-refractivity contribution >= 4 is 11.6 Å². The lowest BCUT2D eigenvalue weighted by molar-refractivity contribution is -0.131. The van der Waals surface area contributed by atoms with Crippen LogP contribution in [0, 0.1) is 13.8 Å². The van der Waals surface area contributed by atoms with Gasteiger partial charge in [-0.15, -0.1) is 0 Å². The van der Waals surface area contributed by atoms with Crippen LogP contribution in [0.3, 0.4) is 0 Å². The molecule has 3 heteroatoms. The first-order valence-corrected chi connectivity index (χ1v) is 8.23. The van der Waals surface area contributed by atoms with Crippen LogP contribution in [-0.2, 0) is 11.3 Å². The Morgan fingerprint density at radius 1 is 1.04 bits per heavy atom. The number of nitrogens with zero attached hydrogens (tertiary/aromatic N) is 1. The van der Waals surface area contributed by atoms with Crippen LogP contribution in [0.25, 0.3) is 0 Å². The third-order valence-electron chi connectivity index (χ3n) is 4.21. The fraction of sp³-hybridized carbons (Fsp3) is 0.350. The van der Waals surface area contributed by atoms with Crippen molar-refractivity contribution in [2.75, 3.05) is 18.4 Å².